The van der Waals surface area contributed by atoms with Crippen LogP contribution in [0.3, 0.4) is 0 Å². The normalized spacial score (nSPS) is 19.0. The lowest BCUT2D eigenvalue weighted by Gasteiger charge is -2.20. The number of H-pyrrole nitrogens is 1. The number of nitrogens with one attached hydrogen (secondary N) is 1. The van der Waals surface area contributed by atoms with Gasteiger partial charge in [0, 0.05) is 29.2 Å². The van der Waals surface area contributed by atoms with Gasteiger partial charge in [0.1, 0.15) is 11.9 Å². The van der Waals surface area contributed by atoms with Gasteiger partial charge in [0.25, 0.3) is 0 Å². The van der Waals surface area contributed by atoms with Crippen molar-refractivity contribution in [3.8, 4) is 11.6 Å². The number of hydrogen-bond acceptors (Lipinski definition) is 3. The van der Waals surface area contributed by atoms with Crippen molar-refractivity contribution in [3.05, 3.63) is 71.1 Å². The minimum absolute atomic E-state index is 0.0125. The summed E-state index contributed by atoms with van der Waals surface area (Å²) in [5.74, 6) is 0.378. The summed E-state index contributed by atoms with van der Waals surface area (Å²) in [5, 5.41) is 0.918. The van der Waals surface area contributed by atoms with Crippen molar-refractivity contribution in [2.24, 2.45) is 5.92 Å². The van der Waals surface area contributed by atoms with Gasteiger partial charge in [-0.2, -0.15) is 0 Å². The van der Waals surface area contributed by atoms with Crippen LogP contribution in [-0.4, -0.2) is 39.7 Å². The molecule has 0 bridgehead atoms. The van der Waals surface area contributed by atoms with Crippen molar-refractivity contribution in [2.75, 3.05) is 6.54 Å². The zero-order valence-corrected chi connectivity index (χ0v) is 16.9. The first kappa shape index (κ1) is 20.4. The molecule has 1 aliphatic heterocycles. The van der Waals surface area contributed by atoms with E-state index < -0.39 is 12.3 Å². The zero-order chi connectivity index (χ0) is 22.0. The second-order valence-electron chi connectivity index (χ2n) is 7.63. The predicted molar refractivity (Wildman–Crippen MR) is 113 cm³/mol. The number of likely N-dealkylation sites (tertiary alicyclic amines) is 1. The van der Waals surface area contributed by atoms with Crippen LogP contribution >= 0.6 is 0 Å². The molecular weight excluding hydrogens is 397 g/mol. The molecule has 1 N–H and O–H groups in total. The van der Waals surface area contributed by atoms with E-state index in [1.807, 2.05) is 24.4 Å². The summed E-state index contributed by atoms with van der Waals surface area (Å²) in [7, 11) is 0. The summed E-state index contributed by atoms with van der Waals surface area (Å²) in [4.78, 5) is 28.2. The van der Waals surface area contributed by atoms with Crippen molar-refractivity contribution < 1.29 is 13.9 Å². The number of ether oxygens (including phenoxy) is 1. The molecule has 1 aliphatic rings. The highest BCUT2D eigenvalue weighted by Gasteiger charge is 2.41. The first-order valence-corrected chi connectivity index (χ1v) is 9.91. The van der Waals surface area contributed by atoms with Crippen molar-refractivity contribution in [1.82, 2.24) is 14.9 Å². The van der Waals surface area contributed by atoms with Gasteiger partial charge in [0.15, 0.2) is 0 Å². The fraction of sp³-hybridized carbons (Fsp3) is 0.304. The maximum atomic E-state index is 13.7. The summed E-state index contributed by atoms with van der Waals surface area (Å²) in [5.41, 5.74) is 2.28. The van der Waals surface area contributed by atoms with E-state index in [0.717, 1.165) is 16.5 Å². The Kier molecular flexibility index (Phi) is 5.55. The number of hydrogen-bond donors (Lipinski definition) is 1. The molecule has 8 heteroatoms. The highest BCUT2D eigenvalue weighted by molar-refractivity contribution is 5.86. The molecule has 1 fully saturated rings. The van der Waals surface area contributed by atoms with Crippen molar-refractivity contribution in [3.63, 3.8) is 0 Å². The van der Waals surface area contributed by atoms with Gasteiger partial charge in [-0.3, -0.25) is 14.5 Å². The van der Waals surface area contributed by atoms with Gasteiger partial charge in [0.2, 0.25) is 17.5 Å². The number of rotatable bonds is 5. The van der Waals surface area contributed by atoms with Crippen molar-refractivity contribution >= 4 is 22.5 Å². The Bertz CT molecular complexity index is 1190. The molecule has 1 amide bonds. The summed E-state index contributed by atoms with van der Waals surface area (Å²) in [6, 6.07) is 8.85. The van der Waals surface area contributed by atoms with Crippen molar-refractivity contribution in [1.29, 1.82) is 0 Å². The van der Waals surface area contributed by atoms with Crippen LogP contribution in [0.4, 0.5) is 10.1 Å². The third-order valence-electron chi connectivity index (χ3n) is 5.41. The summed E-state index contributed by atoms with van der Waals surface area (Å²) in [6.07, 6.45) is 2.00. The molecule has 4 rings (SSSR count). The smallest absolute Gasteiger partial charge is 0.303 e. The molecule has 7 nitrogen and oxygen atoms in total. The van der Waals surface area contributed by atoms with E-state index in [4.69, 9.17) is 17.9 Å². The fourth-order valence-corrected chi connectivity index (χ4v) is 3.83. The maximum Gasteiger partial charge on any atom is 0.303 e. The van der Waals surface area contributed by atoms with Gasteiger partial charge >= 0.3 is 6.17 Å². The Morgan fingerprint density at radius 1 is 1.39 bits per heavy atom. The van der Waals surface area contributed by atoms with Gasteiger partial charge in [-0.25, -0.2) is 20.8 Å². The quantitative estimate of drug-likeness (QED) is 0.601. The minimum Gasteiger partial charge on any atom is -0.439 e. The number of amides is 1. The lowest BCUT2D eigenvalue weighted by atomic mass is 9.99. The summed E-state index contributed by atoms with van der Waals surface area (Å²) >= 11 is 0. The number of halogens is 1. The number of benzene rings is 1. The molecule has 0 unspecified atom stereocenters. The van der Waals surface area contributed by atoms with Crippen LogP contribution in [-0.2, 0) is 11.2 Å². The molecule has 156 valence electrons. The molecule has 0 spiro atoms. The van der Waals surface area contributed by atoms with E-state index in [1.54, 1.807) is 19.1 Å². The van der Waals surface area contributed by atoms with Gasteiger partial charge in [0.05, 0.1) is 19.5 Å². The van der Waals surface area contributed by atoms with Crippen LogP contribution in [0.1, 0.15) is 18.9 Å². The number of carbonyl (C=O) groups excluding carboxylic acids is 1. The Hall–Kier alpha value is -3.91. The first-order chi connectivity index (χ1) is 15.0. The maximum absolute atomic E-state index is 13.7. The van der Waals surface area contributed by atoms with E-state index in [-0.39, 0.29) is 24.8 Å². The monoisotopic (exact) mass is 417 g/mol. The van der Waals surface area contributed by atoms with Crippen LogP contribution in [0.15, 0.2) is 42.7 Å². The first-order valence-electron chi connectivity index (χ1n) is 9.91. The molecular formula is C23H20FN5O2. The number of nitrogens with zero attached hydrogens (tertiary/aromatic N) is 4. The fourth-order valence-electron chi connectivity index (χ4n) is 3.83. The molecule has 3 atom stereocenters. The van der Waals surface area contributed by atoms with E-state index >= 15 is 0 Å². The highest BCUT2D eigenvalue weighted by Crippen LogP contribution is 2.30. The third kappa shape index (κ3) is 4.19. The van der Waals surface area contributed by atoms with Gasteiger partial charge < -0.3 is 9.72 Å². The van der Waals surface area contributed by atoms with Gasteiger partial charge in [-0.15, -0.1) is 0 Å². The molecule has 31 heavy (non-hydrogen) atoms. The topological polar surface area (TPSA) is 66.9 Å². The highest BCUT2D eigenvalue weighted by atomic mass is 19.1. The lowest BCUT2D eigenvalue weighted by molar-refractivity contribution is -0.135. The van der Waals surface area contributed by atoms with E-state index in [0.29, 0.717) is 23.7 Å². The molecule has 3 heterocycles. The second-order valence-corrected chi connectivity index (χ2v) is 7.63. The standard InChI is InChI=1S/C23H20FN5O2/c1-14(23(30)29-13-16(24)9-21(29)26-3)8-15-11-27-20-6-5-18(10-19(15)20)31-22-7-4-17(25-2)12-28-22/h4-7,10-12,14,16,21,27H,8-9,13H2,1H3/t14-,16-,21-/m0/s1. The summed E-state index contributed by atoms with van der Waals surface area (Å²) < 4.78 is 19.5. The van der Waals surface area contributed by atoms with E-state index in [2.05, 4.69) is 19.7 Å². The zero-order valence-electron chi connectivity index (χ0n) is 16.9. The number of carbonyl (C=O) groups is 1. The van der Waals surface area contributed by atoms with E-state index in [9.17, 15) is 9.18 Å². The molecule has 0 saturated carbocycles. The Morgan fingerprint density at radius 3 is 2.94 bits per heavy atom. The van der Waals surface area contributed by atoms with Crippen LogP contribution < -0.4 is 4.74 Å². The molecule has 3 aromatic rings. The SMILES string of the molecule is [C-]#[N+]c1ccc(Oc2ccc3[nH]cc(C[C@H](C)C(=O)N4C[C@@H](F)C[C@H]4[N+]#[C-])c3c2)nc1. The second kappa shape index (κ2) is 8.45. The van der Waals surface area contributed by atoms with Crippen LogP contribution in [0.5, 0.6) is 11.6 Å². The third-order valence-corrected chi connectivity index (χ3v) is 5.41. The minimum atomic E-state index is -1.14. The average molecular weight is 417 g/mol. The average Bonchev–Trinajstić information content (AvgIpc) is 3.36. The number of aromatic nitrogens is 2. The van der Waals surface area contributed by atoms with Gasteiger partial charge in [-0.05, 0) is 42.3 Å². The molecule has 1 aromatic carbocycles. The Morgan fingerprint density at radius 2 is 2.23 bits per heavy atom. The van der Waals surface area contributed by atoms with Crippen LogP contribution in [0.2, 0.25) is 0 Å². The lowest BCUT2D eigenvalue weighted by Crippen LogP contribution is -2.38. The Labute approximate surface area is 179 Å². The number of pyridine rings is 1. The van der Waals surface area contributed by atoms with Gasteiger partial charge in [-0.1, -0.05) is 6.92 Å². The Balaban J connectivity index is 1.51. The number of alkyl halides is 1. The summed E-state index contributed by atoms with van der Waals surface area (Å²) in [6.45, 7) is 16.0. The van der Waals surface area contributed by atoms with Crippen LogP contribution in [0.25, 0.3) is 20.6 Å². The predicted octanol–water partition coefficient (Wildman–Crippen LogP) is 4.90. The number of fused-ring (bicyclic) bond motifs is 1. The molecule has 2 aromatic heterocycles. The molecule has 0 aliphatic carbocycles. The van der Waals surface area contributed by atoms with Crippen LogP contribution in [0, 0.1) is 19.1 Å². The largest absolute Gasteiger partial charge is 0.439 e. The van der Waals surface area contributed by atoms with Crippen molar-refractivity contribution in [2.45, 2.75) is 32.1 Å². The molecule has 0 radical (unpaired) electrons. The molecule has 1 saturated heterocycles. The number of aromatic amines is 1. The van der Waals surface area contributed by atoms with E-state index in [1.165, 1.54) is 11.1 Å².